The largest absolute Gasteiger partial charge is 0.483 e. The second kappa shape index (κ2) is 10.0. The summed E-state index contributed by atoms with van der Waals surface area (Å²) in [6.07, 6.45) is 3.04. The molecule has 0 unspecified atom stereocenters. The van der Waals surface area contributed by atoms with Crippen molar-refractivity contribution in [2.45, 2.75) is 18.7 Å². The van der Waals surface area contributed by atoms with E-state index in [0.29, 0.717) is 11.4 Å². The SMILES string of the molecule is C=CCN(CC=C)S(=O)(=O)c1ccc(NC(=O)COc2cc(C)ccc2C)cc1. The van der Waals surface area contributed by atoms with Gasteiger partial charge in [0.05, 0.1) is 4.90 Å². The number of sulfonamides is 1. The van der Waals surface area contributed by atoms with E-state index in [4.69, 9.17) is 4.74 Å². The molecule has 0 aromatic heterocycles. The lowest BCUT2D eigenvalue weighted by Gasteiger charge is -2.19. The average Bonchev–Trinajstić information content (AvgIpc) is 2.69. The van der Waals surface area contributed by atoms with Crippen molar-refractivity contribution in [2.75, 3.05) is 25.0 Å². The number of rotatable bonds is 10. The topological polar surface area (TPSA) is 75.7 Å². The Hall–Kier alpha value is -2.90. The summed E-state index contributed by atoms with van der Waals surface area (Å²) in [5.41, 5.74) is 2.48. The van der Waals surface area contributed by atoms with E-state index >= 15 is 0 Å². The van der Waals surface area contributed by atoms with Crippen LogP contribution in [0.1, 0.15) is 11.1 Å². The molecular formula is C22H26N2O4S. The van der Waals surface area contributed by atoms with Gasteiger partial charge in [-0.3, -0.25) is 4.79 Å². The highest BCUT2D eigenvalue weighted by atomic mass is 32.2. The molecule has 29 heavy (non-hydrogen) atoms. The highest BCUT2D eigenvalue weighted by molar-refractivity contribution is 7.89. The molecule has 0 saturated carbocycles. The van der Waals surface area contributed by atoms with Gasteiger partial charge in [0.2, 0.25) is 10.0 Å². The Morgan fingerprint density at radius 1 is 1.07 bits per heavy atom. The predicted molar refractivity (Wildman–Crippen MR) is 116 cm³/mol. The van der Waals surface area contributed by atoms with Crippen molar-refractivity contribution in [3.63, 3.8) is 0 Å². The Bertz CT molecular complexity index is 972. The molecule has 0 saturated heterocycles. The standard InChI is InChI=1S/C22H26N2O4S/c1-5-13-24(14-6-2)29(26,27)20-11-9-19(10-12-20)23-22(25)16-28-21-15-17(3)7-8-18(21)4/h5-12,15H,1-2,13-14,16H2,3-4H3,(H,23,25). The van der Waals surface area contributed by atoms with Gasteiger partial charge in [0.25, 0.3) is 5.91 Å². The number of benzene rings is 2. The third-order valence-corrected chi connectivity index (χ3v) is 5.99. The first-order valence-corrected chi connectivity index (χ1v) is 10.5. The molecule has 6 nitrogen and oxygen atoms in total. The number of nitrogens with zero attached hydrogens (tertiary/aromatic N) is 1. The Morgan fingerprint density at radius 3 is 2.28 bits per heavy atom. The van der Waals surface area contributed by atoms with Crippen molar-refractivity contribution >= 4 is 21.6 Å². The molecule has 2 rings (SSSR count). The molecule has 0 radical (unpaired) electrons. The minimum Gasteiger partial charge on any atom is -0.483 e. The van der Waals surface area contributed by atoms with Crippen molar-refractivity contribution < 1.29 is 17.9 Å². The third kappa shape index (κ3) is 6.04. The molecule has 2 aromatic carbocycles. The summed E-state index contributed by atoms with van der Waals surface area (Å²) < 4.78 is 32.2. The van der Waals surface area contributed by atoms with Crippen LogP contribution in [-0.4, -0.2) is 38.3 Å². The zero-order chi connectivity index (χ0) is 21.4. The van der Waals surface area contributed by atoms with Gasteiger partial charge in [-0.25, -0.2) is 8.42 Å². The van der Waals surface area contributed by atoms with Gasteiger partial charge in [-0.15, -0.1) is 13.2 Å². The highest BCUT2D eigenvalue weighted by Gasteiger charge is 2.22. The number of hydrogen-bond donors (Lipinski definition) is 1. The Morgan fingerprint density at radius 2 is 1.69 bits per heavy atom. The van der Waals surface area contributed by atoms with E-state index in [1.54, 1.807) is 12.1 Å². The summed E-state index contributed by atoms with van der Waals surface area (Å²) in [6.45, 7) is 11.3. The Labute approximate surface area is 172 Å². The van der Waals surface area contributed by atoms with Crippen LogP contribution in [0.25, 0.3) is 0 Å². The summed E-state index contributed by atoms with van der Waals surface area (Å²) in [6, 6.07) is 11.8. The van der Waals surface area contributed by atoms with Crippen LogP contribution in [0, 0.1) is 13.8 Å². The van der Waals surface area contributed by atoms with Crippen LogP contribution >= 0.6 is 0 Å². The number of anilines is 1. The summed E-state index contributed by atoms with van der Waals surface area (Å²) in [5, 5.41) is 2.70. The number of carbonyl (C=O) groups excluding carboxylic acids is 1. The Balaban J connectivity index is 2.02. The van der Waals surface area contributed by atoms with E-state index in [2.05, 4.69) is 18.5 Å². The molecule has 0 atom stereocenters. The van der Waals surface area contributed by atoms with Crippen LogP contribution in [0.5, 0.6) is 5.75 Å². The van der Waals surface area contributed by atoms with Gasteiger partial charge in [0.1, 0.15) is 5.75 Å². The van der Waals surface area contributed by atoms with Crippen molar-refractivity contribution in [1.82, 2.24) is 4.31 Å². The molecule has 0 fully saturated rings. The zero-order valence-electron chi connectivity index (χ0n) is 16.7. The van der Waals surface area contributed by atoms with Crippen molar-refractivity contribution in [1.29, 1.82) is 0 Å². The van der Waals surface area contributed by atoms with Gasteiger partial charge >= 0.3 is 0 Å². The summed E-state index contributed by atoms with van der Waals surface area (Å²) in [5.74, 6) is 0.326. The molecule has 2 aromatic rings. The lowest BCUT2D eigenvalue weighted by molar-refractivity contribution is -0.118. The molecule has 0 spiro atoms. The number of carbonyl (C=O) groups is 1. The van der Waals surface area contributed by atoms with E-state index in [0.717, 1.165) is 11.1 Å². The second-order valence-electron chi connectivity index (χ2n) is 6.53. The first-order valence-electron chi connectivity index (χ1n) is 9.10. The summed E-state index contributed by atoms with van der Waals surface area (Å²) >= 11 is 0. The number of nitrogens with one attached hydrogen (secondary N) is 1. The lowest BCUT2D eigenvalue weighted by Crippen LogP contribution is -2.31. The quantitative estimate of drug-likeness (QED) is 0.602. The minimum absolute atomic E-state index is 0.130. The lowest BCUT2D eigenvalue weighted by atomic mass is 10.1. The number of hydrogen-bond acceptors (Lipinski definition) is 4. The van der Waals surface area contributed by atoms with E-state index in [-0.39, 0.29) is 30.5 Å². The molecule has 7 heteroatoms. The van der Waals surface area contributed by atoms with Gasteiger partial charge in [0.15, 0.2) is 6.61 Å². The maximum Gasteiger partial charge on any atom is 0.262 e. The number of aryl methyl sites for hydroxylation is 2. The molecule has 0 heterocycles. The molecule has 154 valence electrons. The van der Waals surface area contributed by atoms with Gasteiger partial charge < -0.3 is 10.1 Å². The monoisotopic (exact) mass is 414 g/mol. The van der Waals surface area contributed by atoms with Crippen molar-refractivity contribution in [2.24, 2.45) is 0 Å². The fourth-order valence-corrected chi connectivity index (χ4v) is 4.00. The summed E-state index contributed by atoms with van der Waals surface area (Å²) in [4.78, 5) is 12.3. The predicted octanol–water partition coefficient (Wildman–Crippen LogP) is 3.68. The summed E-state index contributed by atoms with van der Waals surface area (Å²) in [7, 11) is -3.67. The van der Waals surface area contributed by atoms with E-state index in [1.807, 2.05) is 32.0 Å². The molecule has 0 bridgehead atoms. The third-order valence-electron chi connectivity index (χ3n) is 4.14. The Kier molecular flexibility index (Phi) is 7.75. The number of ether oxygens (including phenoxy) is 1. The maximum absolute atomic E-state index is 12.7. The van der Waals surface area contributed by atoms with Crippen LogP contribution in [0.15, 0.2) is 72.7 Å². The molecular weight excluding hydrogens is 388 g/mol. The van der Waals surface area contributed by atoms with Crippen molar-refractivity contribution in [3.8, 4) is 5.75 Å². The van der Waals surface area contributed by atoms with Crippen LogP contribution < -0.4 is 10.1 Å². The molecule has 1 N–H and O–H groups in total. The van der Waals surface area contributed by atoms with Crippen LogP contribution in [-0.2, 0) is 14.8 Å². The molecule has 0 aliphatic rings. The van der Waals surface area contributed by atoms with Crippen LogP contribution in [0.4, 0.5) is 5.69 Å². The zero-order valence-corrected chi connectivity index (χ0v) is 17.5. The van der Waals surface area contributed by atoms with E-state index in [9.17, 15) is 13.2 Å². The van der Waals surface area contributed by atoms with E-state index in [1.165, 1.54) is 28.6 Å². The van der Waals surface area contributed by atoms with Crippen molar-refractivity contribution in [3.05, 3.63) is 78.9 Å². The molecule has 0 aliphatic heterocycles. The smallest absolute Gasteiger partial charge is 0.262 e. The normalized spacial score (nSPS) is 11.1. The molecule has 0 aliphatic carbocycles. The van der Waals surface area contributed by atoms with Gasteiger partial charge in [-0.1, -0.05) is 24.3 Å². The van der Waals surface area contributed by atoms with Crippen LogP contribution in [0.3, 0.4) is 0 Å². The van der Waals surface area contributed by atoms with Gasteiger partial charge in [-0.05, 0) is 55.3 Å². The fraction of sp³-hybridized carbons (Fsp3) is 0.227. The average molecular weight is 415 g/mol. The second-order valence-corrected chi connectivity index (χ2v) is 8.47. The van der Waals surface area contributed by atoms with Gasteiger partial charge in [-0.2, -0.15) is 4.31 Å². The minimum atomic E-state index is -3.67. The molecule has 1 amide bonds. The first-order chi connectivity index (χ1) is 13.8. The maximum atomic E-state index is 12.7. The van der Waals surface area contributed by atoms with Crippen LogP contribution in [0.2, 0.25) is 0 Å². The van der Waals surface area contributed by atoms with E-state index < -0.39 is 10.0 Å². The highest BCUT2D eigenvalue weighted by Crippen LogP contribution is 2.20. The van der Waals surface area contributed by atoms with Gasteiger partial charge in [0, 0.05) is 18.8 Å². The number of amides is 1. The first kappa shape index (κ1) is 22.4. The fourth-order valence-electron chi connectivity index (χ4n) is 2.62.